The van der Waals surface area contributed by atoms with Crippen molar-refractivity contribution in [1.29, 1.82) is 0 Å². The van der Waals surface area contributed by atoms with Crippen molar-refractivity contribution in [3.05, 3.63) is 29.3 Å². The zero-order valence-corrected chi connectivity index (χ0v) is 13.0. The highest BCUT2D eigenvalue weighted by Gasteiger charge is 2.20. The second-order valence-electron chi connectivity index (χ2n) is 5.20. The first-order chi connectivity index (χ1) is 9.55. The Labute approximate surface area is 121 Å². The predicted octanol–water partition coefficient (Wildman–Crippen LogP) is 2.10. The minimum absolute atomic E-state index is 0.214. The van der Waals surface area contributed by atoms with Gasteiger partial charge in [-0.15, -0.1) is 0 Å². The Balaban J connectivity index is 2.02. The summed E-state index contributed by atoms with van der Waals surface area (Å²) in [5, 5.41) is 3.39. The molecule has 0 spiro atoms. The highest BCUT2D eigenvalue weighted by Crippen LogP contribution is 2.31. The standard InChI is InChI=1S/C15H23NO3S/c1-3-20(17,18)10-9-16-15-6-4-5-12-11-13(19-2)7-8-14(12)15/h7-8,11,15-16H,3-6,9-10H2,1-2H3. The lowest BCUT2D eigenvalue weighted by Gasteiger charge is -2.27. The van der Waals surface area contributed by atoms with Gasteiger partial charge < -0.3 is 10.1 Å². The van der Waals surface area contributed by atoms with Crippen molar-refractivity contribution >= 4 is 9.84 Å². The number of sulfone groups is 1. The van der Waals surface area contributed by atoms with Crippen molar-refractivity contribution in [3.8, 4) is 5.75 Å². The van der Waals surface area contributed by atoms with Crippen LogP contribution < -0.4 is 10.1 Å². The van der Waals surface area contributed by atoms with E-state index < -0.39 is 9.84 Å². The van der Waals surface area contributed by atoms with Crippen LogP contribution in [0.15, 0.2) is 18.2 Å². The molecule has 0 radical (unpaired) electrons. The van der Waals surface area contributed by atoms with Gasteiger partial charge in [-0.3, -0.25) is 0 Å². The molecule has 4 nitrogen and oxygen atoms in total. The van der Waals surface area contributed by atoms with Crippen molar-refractivity contribution in [2.45, 2.75) is 32.2 Å². The maximum Gasteiger partial charge on any atom is 0.151 e. The van der Waals surface area contributed by atoms with Gasteiger partial charge in [-0.2, -0.15) is 0 Å². The second-order valence-corrected chi connectivity index (χ2v) is 7.67. The van der Waals surface area contributed by atoms with Crippen molar-refractivity contribution < 1.29 is 13.2 Å². The van der Waals surface area contributed by atoms with Gasteiger partial charge in [0, 0.05) is 18.3 Å². The molecule has 0 saturated carbocycles. The van der Waals surface area contributed by atoms with E-state index in [1.807, 2.05) is 6.07 Å². The molecule has 0 amide bonds. The normalized spacial score (nSPS) is 18.6. The topological polar surface area (TPSA) is 55.4 Å². The molecule has 0 aliphatic heterocycles. The lowest BCUT2D eigenvalue weighted by atomic mass is 9.87. The third-order valence-electron chi connectivity index (χ3n) is 3.91. The number of rotatable bonds is 6. The number of benzene rings is 1. The summed E-state index contributed by atoms with van der Waals surface area (Å²) in [6.07, 6.45) is 3.25. The van der Waals surface area contributed by atoms with E-state index >= 15 is 0 Å². The Hall–Kier alpha value is -1.07. The highest BCUT2D eigenvalue weighted by molar-refractivity contribution is 7.91. The monoisotopic (exact) mass is 297 g/mol. The maximum atomic E-state index is 11.5. The van der Waals surface area contributed by atoms with Gasteiger partial charge in [0.05, 0.1) is 12.9 Å². The summed E-state index contributed by atoms with van der Waals surface area (Å²) in [5.74, 6) is 1.32. The Morgan fingerprint density at radius 2 is 2.20 bits per heavy atom. The van der Waals surface area contributed by atoms with Crippen LogP contribution >= 0.6 is 0 Å². The Morgan fingerprint density at radius 1 is 1.40 bits per heavy atom. The summed E-state index contributed by atoms with van der Waals surface area (Å²) < 4.78 is 28.3. The van der Waals surface area contributed by atoms with E-state index in [1.54, 1.807) is 14.0 Å². The van der Waals surface area contributed by atoms with Crippen LogP contribution in [0.4, 0.5) is 0 Å². The first-order valence-corrected chi connectivity index (χ1v) is 8.98. The molecule has 1 aliphatic rings. The summed E-state index contributed by atoms with van der Waals surface area (Å²) in [6, 6.07) is 6.42. The lowest BCUT2D eigenvalue weighted by Crippen LogP contribution is -2.30. The average Bonchev–Trinajstić information content (AvgIpc) is 2.46. The number of fused-ring (bicyclic) bond motifs is 1. The molecule has 0 fully saturated rings. The van der Waals surface area contributed by atoms with Crippen molar-refractivity contribution in [2.75, 3.05) is 25.2 Å². The van der Waals surface area contributed by atoms with Crippen LogP contribution in [0.2, 0.25) is 0 Å². The van der Waals surface area contributed by atoms with E-state index in [1.165, 1.54) is 11.1 Å². The van der Waals surface area contributed by atoms with E-state index in [9.17, 15) is 8.42 Å². The van der Waals surface area contributed by atoms with Crippen molar-refractivity contribution in [1.82, 2.24) is 5.32 Å². The molecule has 5 heteroatoms. The minimum Gasteiger partial charge on any atom is -0.497 e. The van der Waals surface area contributed by atoms with Crippen molar-refractivity contribution in [2.24, 2.45) is 0 Å². The van der Waals surface area contributed by atoms with Crippen molar-refractivity contribution in [3.63, 3.8) is 0 Å². The number of ether oxygens (including phenoxy) is 1. The van der Waals surface area contributed by atoms with Gasteiger partial charge in [-0.1, -0.05) is 13.0 Å². The van der Waals surface area contributed by atoms with E-state index in [0.717, 1.165) is 25.0 Å². The third kappa shape index (κ3) is 3.73. The van der Waals surface area contributed by atoms with Crippen LogP contribution in [-0.4, -0.2) is 33.6 Å². The summed E-state index contributed by atoms with van der Waals surface area (Å²) in [4.78, 5) is 0. The molecule has 2 rings (SSSR count). The van der Waals surface area contributed by atoms with Gasteiger partial charge in [-0.25, -0.2) is 8.42 Å². The van der Waals surface area contributed by atoms with E-state index in [4.69, 9.17) is 4.74 Å². The lowest BCUT2D eigenvalue weighted by molar-refractivity contribution is 0.411. The average molecular weight is 297 g/mol. The number of hydrogen-bond acceptors (Lipinski definition) is 4. The molecule has 0 bridgehead atoms. The summed E-state index contributed by atoms with van der Waals surface area (Å²) >= 11 is 0. The summed E-state index contributed by atoms with van der Waals surface area (Å²) in [7, 11) is -1.21. The molecule has 1 aliphatic carbocycles. The van der Waals surface area contributed by atoms with Crippen LogP contribution in [0.3, 0.4) is 0 Å². The highest BCUT2D eigenvalue weighted by atomic mass is 32.2. The first kappa shape index (κ1) is 15.3. The third-order valence-corrected chi connectivity index (χ3v) is 5.61. The molecular formula is C15H23NO3S. The molecule has 0 saturated heterocycles. The fourth-order valence-corrected chi connectivity index (χ4v) is 3.38. The molecule has 1 aromatic carbocycles. The van der Waals surface area contributed by atoms with Crippen LogP contribution in [0.25, 0.3) is 0 Å². The zero-order chi connectivity index (χ0) is 14.6. The molecular weight excluding hydrogens is 274 g/mol. The predicted molar refractivity (Wildman–Crippen MR) is 81.0 cm³/mol. The largest absolute Gasteiger partial charge is 0.497 e. The molecule has 0 aromatic heterocycles. The van der Waals surface area contributed by atoms with E-state index in [-0.39, 0.29) is 17.5 Å². The van der Waals surface area contributed by atoms with E-state index in [2.05, 4.69) is 17.4 Å². The number of aryl methyl sites for hydroxylation is 1. The maximum absolute atomic E-state index is 11.5. The van der Waals surface area contributed by atoms with Crippen LogP contribution in [0.1, 0.15) is 36.9 Å². The van der Waals surface area contributed by atoms with Gasteiger partial charge in [0.15, 0.2) is 9.84 Å². The van der Waals surface area contributed by atoms with Gasteiger partial charge in [0.1, 0.15) is 5.75 Å². The smallest absolute Gasteiger partial charge is 0.151 e. The molecule has 1 unspecified atom stereocenters. The number of nitrogens with one attached hydrogen (secondary N) is 1. The number of hydrogen-bond donors (Lipinski definition) is 1. The molecule has 0 heterocycles. The molecule has 112 valence electrons. The first-order valence-electron chi connectivity index (χ1n) is 7.16. The quantitative estimate of drug-likeness (QED) is 0.873. The fourth-order valence-electron chi connectivity index (χ4n) is 2.66. The van der Waals surface area contributed by atoms with Crippen LogP contribution in [-0.2, 0) is 16.3 Å². The van der Waals surface area contributed by atoms with Crippen LogP contribution in [0, 0.1) is 0 Å². The van der Waals surface area contributed by atoms with Gasteiger partial charge in [-0.05, 0) is 42.5 Å². The molecule has 1 aromatic rings. The van der Waals surface area contributed by atoms with Crippen LogP contribution in [0.5, 0.6) is 5.75 Å². The summed E-state index contributed by atoms with van der Waals surface area (Å²) in [5.41, 5.74) is 2.59. The minimum atomic E-state index is -2.89. The Kier molecular flexibility index (Phi) is 5.05. The summed E-state index contributed by atoms with van der Waals surface area (Å²) in [6.45, 7) is 2.21. The van der Waals surface area contributed by atoms with Gasteiger partial charge in [0.2, 0.25) is 0 Å². The molecule has 1 N–H and O–H groups in total. The SMILES string of the molecule is CCS(=O)(=O)CCNC1CCCc2cc(OC)ccc21. The number of methoxy groups -OCH3 is 1. The fraction of sp³-hybridized carbons (Fsp3) is 0.600. The zero-order valence-electron chi connectivity index (χ0n) is 12.2. The second kappa shape index (κ2) is 6.59. The Bertz CT molecular complexity index is 554. The van der Waals surface area contributed by atoms with Gasteiger partial charge in [0.25, 0.3) is 0 Å². The molecule has 20 heavy (non-hydrogen) atoms. The van der Waals surface area contributed by atoms with Gasteiger partial charge >= 0.3 is 0 Å². The van der Waals surface area contributed by atoms with E-state index in [0.29, 0.717) is 6.54 Å². The molecule has 1 atom stereocenters. The Morgan fingerprint density at radius 3 is 2.90 bits per heavy atom.